The molecule has 1 N–H and O–H groups in total. The van der Waals surface area contributed by atoms with Crippen LogP contribution in [0.15, 0.2) is 0 Å². The average molecular weight is 172 g/mol. The maximum atomic E-state index is 10.9. The van der Waals surface area contributed by atoms with Crippen LogP contribution in [0.2, 0.25) is 0 Å². The van der Waals surface area contributed by atoms with Gasteiger partial charge in [0.1, 0.15) is 0 Å². The first-order valence-electron chi connectivity index (χ1n) is 4.74. The Balaban J connectivity index is 0.000000561. The van der Waals surface area contributed by atoms with E-state index in [-0.39, 0.29) is 6.03 Å². The van der Waals surface area contributed by atoms with Crippen LogP contribution < -0.4 is 5.32 Å². The lowest BCUT2D eigenvalue weighted by molar-refractivity contribution is 0.120. The van der Waals surface area contributed by atoms with Crippen molar-refractivity contribution in [3.8, 4) is 0 Å². The molecule has 0 spiro atoms. The molecule has 0 aromatic carbocycles. The van der Waals surface area contributed by atoms with E-state index in [1.165, 1.54) is 6.42 Å². The van der Waals surface area contributed by atoms with E-state index in [0.29, 0.717) is 0 Å². The molecule has 3 nitrogen and oxygen atoms in total. The van der Waals surface area contributed by atoms with Gasteiger partial charge in [-0.25, -0.2) is 4.79 Å². The van der Waals surface area contributed by atoms with Gasteiger partial charge in [0, 0.05) is 20.1 Å². The predicted molar refractivity (Wildman–Crippen MR) is 51.2 cm³/mol. The van der Waals surface area contributed by atoms with E-state index in [1.54, 1.807) is 7.05 Å². The summed E-state index contributed by atoms with van der Waals surface area (Å²) in [6.07, 6.45) is 1.19. The van der Waals surface area contributed by atoms with Crippen LogP contribution >= 0.6 is 0 Å². The third kappa shape index (κ3) is 2.72. The van der Waals surface area contributed by atoms with Crippen LogP contribution in [0.5, 0.6) is 0 Å². The van der Waals surface area contributed by atoms with Gasteiger partial charge in [-0.1, -0.05) is 20.8 Å². The van der Waals surface area contributed by atoms with Gasteiger partial charge in [0.2, 0.25) is 0 Å². The molecular weight excluding hydrogens is 152 g/mol. The summed E-state index contributed by atoms with van der Waals surface area (Å²) >= 11 is 0. The molecule has 0 aromatic rings. The number of rotatable bonds is 1. The Morgan fingerprint density at radius 3 is 2.33 bits per heavy atom. The van der Waals surface area contributed by atoms with Crippen molar-refractivity contribution in [2.45, 2.75) is 27.2 Å². The lowest BCUT2D eigenvalue weighted by Crippen LogP contribution is -2.52. The van der Waals surface area contributed by atoms with Crippen molar-refractivity contribution in [3.63, 3.8) is 0 Å². The fourth-order valence-electron chi connectivity index (χ4n) is 1.15. The molecule has 1 aliphatic rings. The number of carbonyl (C=O) groups is 1. The molecule has 1 rings (SSSR count). The second kappa shape index (κ2) is 5.86. The molecule has 1 heterocycles. The lowest BCUT2D eigenvalue weighted by Gasteiger charge is -2.38. The molecule has 12 heavy (non-hydrogen) atoms. The highest BCUT2D eigenvalue weighted by molar-refractivity contribution is 5.74. The summed E-state index contributed by atoms with van der Waals surface area (Å²) in [6, 6.07) is 0.0599. The van der Waals surface area contributed by atoms with Crippen LogP contribution in [0.4, 0.5) is 4.79 Å². The molecule has 0 atom stereocenters. The molecule has 3 heteroatoms. The number of nitrogens with zero attached hydrogens (tertiary/aromatic N) is 1. The molecule has 1 aliphatic heterocycles. The fraction of sp³-hybridized carbons (Fsp3) is 0.889. The first-order valence-corrected chi connectivity index (χ1v) is 4.74. The molecular formula is C9H20N2O. The Kier molecular flexibility index (Phi) is 5.51. The van der Waals surface area contributed by atoms with Gasteiger partial charge in [-0.3, -0.25) is 0 Å². The van der Waals surface area contributed by atoms with Gasteiger partial charge in [0.25, 0.3) is 0 Å². The average Bonchev–Trinajstić information content (AvgIpc) is 2.06. The third-order valence-corrected chi connectivity index (χ3v) is 2.04. The number of amides is 2. The number of hydrogen-bond acceptors (Lipinski definition) is 1. The zero-order chi connectivity index (χ0) is 9.56. The van der Waals surface area contributed by atoms with E-state index in [0.717, 1.165) is 19.0 Å². The standard InChI is InChI=1S/C7H14N2O.C2H6/c1-3-6-4-9(5-6)7(10)8-2;1-2/h6H,3-5H2,1-2H3,(H,8,10);1-2H3. The minimum absolute atomic E-state index is 0.0599. The van der Waals surface area contributed by atoms with Gasteiger partial charge in [-0.05, 0) is 12.3 Å². The van der Waals surface area contributed by atoms with E-state index in [4.69, 9.17) is 0 Å². The molecule has 72 valence electrons. The second-order valence-electron chi connectivity index (χ2n) is 2.73. The minimum atomic E-state index is 0.0599. The number of carbonyl (C=O) groups excluding carboxylic acids is 1. The molecule has 0 saturated carbocycles. The summed E-state index contributed by atoms with van der Waals surface area (Å²) in [5, 5.41) is 2.60. The summed E-state index contributed by atoms with van der Waals surface area (Å²) in [6.45, 7) is 8.04. The summed E-state index contributed by atoms with van der Waals surface area (Å²) < 4.78 is 0. The largest absolute Gasteiger partial charge is 0.341 e. The first kappa shape index (κ1) is 11.3. The van der Waals surface area contributed by atoms with Gasteiger partial charge in [-0.2, -0.15) is 0 Å². The highest BCUT2D eigenvalue weighted by Crippen LogP contribution is 2.17. The third-order valence-electron chi connectivity index (χ3n) is 2.04. The van der Waals surface area contributed by atoms with E-state index < -0.39 is 0 Å². The van der Waals surface area contributed by atoms with E-state index in [9.17, 15) is 4.79 Å². The Labute approximate surface area is 75.1 Å². The maximum Gasteiger partial charge on any atom is 0.317 e. The monoisotopic (exact) mass is 172 g/mol. The molecule has 0 bridgehead atoms. The van der Waals surface area contributed by atoms with Crippen LogP contribution in [0, 0.1) is 5.92 Å². The predicted octanol–water partition coefficient (Wildman–Crippen LogP) is 1.69. The number of likely N-dealkylation sites (tertiary alicyclic amines) is 1. The zero-order valence-electron chi connectivity index (χ0n) is 8.55. The van der Waals surface area contributed by atoms with Crippen LogP contribution in [-0.4, -0.2) is 31.1 Å². The van der Waals surface area contributed by atoms with Gasteiger partial charge >= 0.3 is 6.03 Å². The lowest BCUT2D eigenvalue weighted by atomic mass is 9.98. The molecule has 0 aromatic heterocycles. The molecule has 0 unspecified atom stereocenters. The van der Waals surface area contributed by atoms with Crippen molar-refractivity contribution in [1.29, 1.82) is 0 Å². The van der Waals surface area contributed by atoms with E-state index in [2.05, 4.69) is 12.2 Å². The van der Waals surface area contributed by atoms with Crippen molar-refractivity contribution in [1.82, 2.24) is 10.2 Å². The molecule has 0 radical (unpaired) electrons. The fourth-order valence-corrected chi connectivity index (χ4v) is 1.15. The number of nitrogens with one attached hydrogen (secondary N) is 1. The topological polar surface area (TPSA) is 32.3 Å². The summed E-state index contributed by atoms with van der Waals surface area (Å²) in [7, 11) is 1.67. The van der Waals surface area contributed by atoms with Crippen molar-refractivity contribution in [2.24, 2.45) is 5.92 Å². The SMILES string of the molecule is CC.CCC1CN(C(=O)NC)C1. The summed E-state index contributed by atoms with van der Waals surface area (Å²) in [5.41, 5.74) is 0. The summed E-state index contributed by atoms with van der Waals surface area (Å²) in [4.78, 5) is 12.7. The minimum Gasteiger partial charge on any atom is -0.341 e. The number of urea groups is 1. The van der Waals surface area contributed by atoms with E-state index in [1.807, 2.05) is 18.7 Å². The highest BCUT2D eigenvalue weighted by atomic mass is 16.2. The van der Waals surface area contributed by atoms with Crippen LogP contribution in [-0.2, 0) is 0 Å². The Hall–Kier alpha value is -0.730. The van der Waals surface area contributed by atoms with Crippen LogP contribution in [0.3, 0.4) is 0 Å². The summed E-state index contributed by atoms with van der Waals surface area (Å²) in [5.74, 6) is 0.747. The molecule has 2 amide bonds. The van der Waals surface area contributed by atoms with Crippen molar-refractivity contribution in [3.05, 3.63) is 0 Å². The normalized spacial score (nSPS) is 15.8. The first-order chi connectivity index (χ1) is 5.77. The van der Waals surface area contributed by atoms with E-state index >= 15 is 0 Å². The van der Waals surface area contributed by atoms with Gasteiger partial charge in [0.05, 0.1) is 0 Å². The van der Waals surface area contributed by atoms with Crippen LogP contribution in [0.1, 0.15) is 27.2 Å². The Morgan fingerprint density at radius 2 is 2.00 bits per heavy atom. The number of hydrogen-bond donors (Lipinski definition) is 1. The van der Waals surface area contributed by atoms with Crippen molar-refractivity contribution < 1.29 is 4.79 Å². The zero-order valence-corrected chi connectivity index (χ0v) is 8.55. The van der Waals surface area contributed by atoms with Crippen molar-refractivity contribution in [2.75, 3.05) is 20.1 Å². The molecule has 1 saturated heterocycles. The smallest absolute Gasteiger partial charge is 0.317 e. The van der Waals surface area contributed by atoms with Crippen LogP contribution in [0.25, 0.3) is 0 Å². The molecule has 0 aliphatic carbocycles. The van der Waals surface area contributed by atoms with Gasteiger partial charge in [0.15, 0.2) is 0 Å². The quantitative estimate of drug-likeness (QED) is 0.641. The maximum absolute atomic E-state index is 10.9. The molecule has 1 fully saturated rings. The van der Waals surface area contributed by atoms with Crippen molar-refractivity contribution >= 4 is 6.03 Å². The van der Waals surface area contributed by atoms with Gasteiger partial charge in [-0.15, -0.1) is 0 Å². The van der Waals surface area contributed by atoms with Gasteiger partial charge < -0.3 is 10.2 Å². The Bertz CT molecular complexity index is 130. The highest BCUT2D eigenvalue weighted by Gasteiger charge is 2.27. The Morgan fingerprint density at radius 1 is 1.50 bits per heavy atom. The second-order valence-corrected chi connectivity index (χ2v) is 2.73.